The minimum absolute atomic E-state index is 0.0572. The molecule has 0 radical (unpaired) electrons. The van der Waals surface area contributed by atoms with Crippen LogP contribution in [0, 0.1) is 23.7 Å². The number of hydrogen-bond acceptors (Lipinski definition) is 9. The van der Waals surface area contributed by atoms with Crippen LogP contribution in [0.25, 0.3) is 0 Å². The van der Waals surface area contributed by atoms with Crippen molar-refractivity contribution in [1.82, 2.24) is 20.3 Å². The van der Waals surface area contributed by atoms with Gasteiger partial charge in [-0.3, -0.25) is 9.48 Å². The van der Waals surface area contributed by atoms with Crippen molar-refractivity contribution in [1.29, 1.82) is 0 Å². The summed E-state index contributed by atoms with van der Waals surface area (Å²) in [6.07, 6.45) is 4.20. The SMILES string of the molecule is CC(C)C(=O)CCOCCOCCOCCOCCNC(=O)OCC1C2CCc3nnn(C)c3CCC21. The summed E-state index contributed by atoms with van der Waals surface area (Å²) in [5.74, 6) is 1.98. The van der Waals surface area contributed by atoms with E-state index in [2.05, 4.69) is 15.6 Å². The number of ether oxygens (including phenoxy) is 5. The van der Waals surface area contributed by atoms with Crippen LogP contribution in [0.2, 0.25) is 0 Å². The highest BCUT2D eigenvalue weighted by Crippen LogP contribution is 2.52. The van der Waals surface area contributed by atoms with Crippen LogP contribution in [0.15, 0.2) is 0 Å². The zero-order valence-electron chi connectivity index (χ0n) is 22.6. The first kappa shape index (κ1) is 29.5. The molecule has 1 fully saturated rings. The second-order valence-corrected chi connectivity index (χ2v) is 10.0. The van der Waals surface area contributed by atoms with Gasteiger partial charge in [0.25, 0.3) is 0 Å². The van der Waals surface area contributed by atoms with Crippen LogP contribution in [0.4, 0.5) is 4.79 Å². The van der Waals surface area contributed by atoms with Crippen LogP contribution in [-0.4, -0.2) is 92.9 Å². The lowest BCUT2D eigenvalue weighted by Crippen LogP contribution is -2.29. The fourth-order valence-corrected chi connectivity index (χ4v) is 4.83. The van der Waals surface area contributed by atoms with Gasteiger partial charge in [0.1, 0.15) is 5.78 Å². The number of aryl methyl sites for hydroxylation is 2. The van der Waals surface area contributed by atoms with Gasteiger partial charge in [-0.15, -0.1) is 5.10 Å². The molecule has 11 heteroatoms. The first-order valence-electron chi connectivity index (χ1n) is 13.6. The lowest BCUT2D eigenvalue weighted by molar-refractivity contribution is -0.123. The summed E-state index contributed by atoms with van der Waals surface area (Å²) in [7, 11) is 1.95. The van der Waals surface area contributed by atoms with Gasteiger partial charge in [-0.1, -0.05) is 19.1 Å². The molecule has 37 heavy (non-hydrogen) atoms. The first-order chi connectivity index (χ1) is 18.0. The second kappa shape index (κ2) is 16.0. The maximum atomic E-state index is 12.0. The summed E-state index contributed by atoms with van der Waals surface area (Å²) < 4.78 is 29.1. The fourth-order valence-electron chi connectivity index (χ4n) is 4.83. The summed E-state index contributed by atoms with van der Waals surface area (Å²) in [4.78, 5) is 23.5. The average Bonchev–Trinajstić information content (AvgIpc) is 3.40. The third-order valence-electron chi connectivity index (χ3n) is 7.14. The van der Waals surface area contributed by atoms with Crippen LogP contribution in [0.3, 0.4) is 0 Å². The number of Topliss-reactive ketones (excluding diaryl/α,β-unsaturated/α-hetero) is 1. The summed E-state index contributed by atoms with van der Waals surface area (Å²) in [5.41, 5.74) is 2.37. The predicted octanol–water partition coefficient (Wildman–Crippen LogP) is 1.96. The first-order valence-corrected chi connectivity index (χ1v) is 13.6. The highest BCUT2D eigenvalue weighted by atomic mass is 16.6. The molecule has 3 atom stereocenters. The maximum Gasteiger partial charge on any atom is 0.407 e. The van der Waals surface area contributed by atoms with Crippen LogP contribution in [0.5, 0.6) is 0 Å². The number of aromatic nitrogens is 3. The van der Waals surface area contributed by atoms with Crippen LogP contribution >= 0.6 is 0 Å². The molecule has 3 unspecified atom stereocenters. The quantitative estimate of drug-likeness (QED) is 0.287. The highest BCUT2D eigenvalue weighted by Gasteiger charge is 2.50. The minimum Gasteiger partial charge on any atom is -0.449 e. The molecule has 1 aromatic heterocycles. The number of amides is 1. The Morgan fingerprint density at radius 3 is 2.16 bits per heavy atom. The Balaban J connectivity index is 1.07. The van der Waals surface area contributed by atoms with Crippen LogP contribution < -0.4 is 5.32 Å². The number of ketones is 1. The zero-order chi connectivity index (χ0) is 26.5. The molecule has 0 spiro atoms. The Bertz CT molecular complexity index is 832. The van der Waals surface area contributed by atoms with E-state index in [9.17, 15) is 9.59 Å². The molecule has 3 rings (SSSR count). The van der Waals surface area contributed by atoms with E-state index in [4.69, 9.17) is 23.7 Å². The van der Waals surface area contributed by atoms with E-state index in [1.807, 2.05) is 25.6 Å². The molecule has 2 aliphatic carbocycles. The van der Waals surface area contributed by atoms with E-state index in [0.717, 1.165) is 31.4 Å². The largest absolute Gasteiger partial charge is 0.449 e. The molecule has 0 saturated heterocycles. The smallest absolute Gasteiger partial charge is 0.407 e. The zero-order valence-corrected chi connectivity index (χ0v) is 22.6. The Morgan fingerprint density at radius 2 is 1.51 bits per heavy atom. The minimum atomic E-state index is -0.388. The Labute approximate surface area is 219 Å². The van der Waals surface area contributed by atoms with Crippen LogP contribution in [-0.2, 0) is 48.4 Å². The summed E-state index contributed by atoms with van der Waals surface area (Å²) in [5, 5.41) is 11.2. The Morgan fingerprint density at radius 1 is 0.919 bits per heavy atom. The molecule has 0 bridgehead atoms. The van der Waals surface area contributed by atoms with Crippen molar-refractivity contribution in [2.24, 2.45) is 30.7 Å². The lowest BCUT2D eigenvalue weighted by atomic mass is 10.0. The van der Waals surface area contributed by atoms with Gasteiger partial charge >= 0.3 is 6.09 Å². The molecular weight excluding hydrogens is 480 g/mol. The standard InChI is InChI=1S/C26H44N4O7/c1-19(2)25(31)8-10-33-12-14-35-16-17-36-15-13-34-11-9-27-26(32)37-18-22-20-4-6-23-24(7-5-21(20)22)30(3)29-28-23/h19-22H,4-18H2,1-3H3,(H,27,32). The van der Waals surface area contributed by atoms with E-state index >= 15 is 0 Å². The van der Waals surface area contributed by atoms with Gasteiger partial charge in [-0.2, -0.15) is 0 Å². The van der Waals surface area contributed by atoms with Crippen molar-refractivity contribution in [3.63, 3.8) is 0 Å². The predicted molar refractivity (Wildman–Crippen MR) is 135 cm³/mol. The van der Waals surface area contributed by atoms with Crippen molar-refractivity contribution in [2.45, 2.75) is 46.0 Å². The highest BCUT2D eigenvalue weighted by molar-refractivity contribution is 5.80. The van der Waals surface area contributed by atoms with E-state index in [-0.39, 0.29) is 17.8 Å². The van der Waals surface area contributed by atoms with E-state index in [1.54, 1.807) is 0 Å². The normalized spacial score (nSPS) is 20.6. The van der Waals surface area contributed by atoms with Gasteiger partial charge < -0.3 is 29.0 Å². The summed E-state index contributed by atoms with van der Waals surface area (Å²) in [6.45, 7) is 8.30. The molecule has 0 aliphatic heterocycles. The second-order valence-electron chi connectivity index (χ2n) is 10.0. The molecule has 1 amide bonds. The third-order valence-corrected chi connectivity index (χ3v) is 7.14. The van der Waals surface area contributed by atoms with E-state index in [0.29, 0.717) is 90.2 Å². The third kappa shape index (κ3) is 10.3. The molecule has 0 aromatic carbocycles. The van der Waals surface area contributed by atoms with Gasteiger partial charge in [0, 0.05) is 25.9 Å². The lowest BCUT2D eigenvalue weighted by Gasteiger charge is -2.09. The molecule has 1 heterocycles. The molecule has 1 N–H and O–H groups in total. The van der Waals surface area contributed by atoms with Crippen molar-refractivity contribution >= 4 is 11.9 Å². The Hall–Kier alpha value is -2.08. The van der Waals surface area contributed by atoms with Gasteiger partial charge in [0.2, 0.25) is 0 Å². The molecule has 2 aliphatic rings. The monoisotopic (exact) mass is 524 g/mol. The van der Waals surface area contributed by atoms with E-state index < -0.39 is 0 Å². The van der Waals surface area contributed by atoms with Gasteiger partial charge in [0.05, 0.1) is 70.8 Å². The maximum absolute atomic E-state index is 12.0. The van der Waals surface area contributed by atoms with Crippen molar-refractivity contribution in [3.05, 3.63) is 11.4 Å². The molecule has 11 nitrogen and oxygen atoms in total. The number of hydrogen-bond donors (Lipinski definition) is 1. The average molecular weight is 525 g/mol. The van der Waals surface area contributed by atoms with Crippen molar-refractivity contribution in [3.8, 4) is 0 Å². The molecule has 1 saturated carbocycles. The fraction of sp³-hybridized carbons (Fsp3) is 0.846. The van der Waals surface area contributed by atoms with Gasteiger partial charge in [-0.05, 0) is 43.4 Å². The number of rotatable bonds is 18. The molecule has 210 valence electrons. The number of carbonyl (C=O) groups excluding carboxylic acids is 2. The van der Waals surface area contributed by atoms with Gasteiger partial charge in [-0.25, -0.2) is 4.79 Å². The molecule has 1 aromatic rings. The number of alkyl carbamates (subject to hydrolysis) is 1. The summed E-state index contributed by atoms with van der Waals surface area (Å²) >= 11 is 0. The van der Waals surface area contributed by atoms with E-state index in [1.165, 1.54) is 5.69 Å². The van der Waals surface area contributed by atoms with Crippen molar-refractivity contribution in [2.75, 3.05) is 66.0 Å². The Kier molecular flexibility index (Phi) is 12.8. The number of carbonyl (C=O) groups is 2. The topological polar surface area (TPSA) is 123 Å². The van der Waals surface area contributed by atoms with Gasteiger partial charge in [0.15, 0.2) is 0 Å². The summed E-state index contributed by atoms with van der Waals surface area (Å²) in [6, 6.07) is 0. The number of fused-ring (bicyclic) bond motifs is 2. The van der Waals surface area contributed by atoms with Crippen molar-refractivity contribution < 1.29 is 33.3 Å². The molecular formula is C26H44N4O7. The number of nitrogens with zero attached hydrogens (tertiary/aromatic N) is 3. The van der Waals surface area contributed by atoms with Crippen LogP contribution in [0.1, 0.15) is 44.5 Å². The number of nitrogens with one attached hydrogen (secondary N) is 1.